The molecule has 2 aliphatic rings. The number of aromatic nitrogens is 1. The van der Waals surface area contributed by atoms with Gasteiger partial charge in [-0.2, -0.15) is 0 Å². The van der Waals surface area contributed by atoms with Gasteiger partial charge in [0.2, 0.25) is 0 Å². The van der Waals surface area contributed by atoms with Crippen LogP contribution in [0.2, 0.25) is 0 Å². The first-order valence-electron chi connectivity index (χ1n) is 9.11. The minimum atomic E-state index is 0.122. The Morgan fingerprint density at radius 2 is 1.92 bits per heavy atom. The number of rotatable bonds is 2. The SMILES string of the molecule is COc1ccc2nc(C)cc(C(=O)N3CC[C@@H]4CNC[C@@H]4CC3)c2c1. The van der Waals surface area contributed by atoms with E-state index in [0.29, 0.717) is 11.8 Å². The monoisotopic (exact) mass is 339 g/mol. The number of nitrogens with one attached hydrogen (secondary N) is 1. The van der Waals surface area contributed by atoms with E-state index in [0.717, 1.165) is 66.9 Å². The van der Waals surface area contributed by atoms with Crippen molar-refractivity contribution in [1.82, 2.24) is 15.2 Å². The van der Waals surface area contributed by atoms with Crippen LogP contribution in [0.4, 0.5) is 0 Å². The summed E-state index contributed by atoms with van der Waals surface area (Å²) in [4.78, 5) is 19.9. The molecule has 2 aliphatic heterocycles. The van der Waals surface area contributed by atoms with E-state index in [4.69, 9.17) is 4.74 Å². The number of nitrogens with zero attached hydrogens (tertiary/aromatic N) is 2. The van der Waals surface area contributed by atoms with Gasteiger partial charge in [0.05, 0.1) is 18.2 Å². The van der Waals surface area contributed by atoms with Gasteiger partial charge < -0.3 is 15.0 Å². The quantitative estimate of drug-likeness (QED) is 0.914. The van der Waals surface area contributed by atoms with Crippen molar-refractivity contribution in [3.63, 3.8) is 0 Å². The summed E-state index contributed by atoms with van der Waals surface area (Å²) in [6.45, 7) is 5.82. The minimum absolute atomic E-state index is 0.122. The highest BCUT2D eigenvalue weighted by atomic mass is 16.5. The Hall–Kier alpha value is -2.14. The van der Waals surface area contributed by atoms with E-state index in [-0.39, 0.29) is 5.91 Å². The molecule has 4 rings (SSSR count). The predicted octanol–water partition coefficient (Wildman–Crippen LogP) is 2.62. The van der Waals surface area contributed by atoms with E-state index in [2.05, 4.69) is 10.3 Å². The number of carbonyl (C=O) groups excluding carboxylic acids is 1. The van der Waals surface area contributed by atoms with Gasteiger partial charge in [0.1, 0.15) is 5.75 Å². The van der Waals surface area contributed by atoms with Crippen molar-refractivity contribution in [3.8, 4) is 5.75 Å². The molecule has 2 fully saturated rings. The third-order valence-electron chi connectivity index (χ3n) is 5.68. The zero-order chi connectivity index (χ0) is 17.4. The van der Waals surface area contributed by atoms with Gasteiger partial charge in [0.15, 0.2) is 0 Å². The maximum atomic E-state index is 13.3. The zero-order valence-corrected chi connectivity index (χ0v) is 14.9. The molecule has 2 atom stereocenters. The molecule has 5 nitrogen and oxygen atoms in total. The molecular weight excluding hydrogens is 314 g/mol. The van der Waals surface area contributed by atoms with E-state index < -0.39 is 0 Å². The first kappa shape index (κ1) is 16.3. The summed E-state index contributed by atoms with van der Waals surface area (Å²) in [5, 5.41) is 4.36. The number of hydrogen-bond donors (Lipinski definition) is 1. The maximum absolute atomic E-state index is 13.3. The Morgan fingerprint density at radius 3 is 2.60 bits per heavy atom. The van der Waals surface area contributed by atoms with Gasteiger partial charge in [0.25, 0.3) is 5.91 Å². The second kappa shape index (κ2) is 6.64. The lowest BCUT2D eigenvalue weighted by molar-refractivity contribution is 0.0760. The van der Waals surface area contributed by atoms with Gasteiger partial charge in [-0.25, -0.2) is 0 Å². The van der Waals surface area contributed by atoms with Gasteiger partial charge in [-0.15, -0.1) is 0 Å². The number of amides is 1. The summed E-state index contributed by atoms with van der Waals surface area (Å²) in [5.74, 6) is 2.31. The third-order valence-corrected chi connectivity index (χ3v) is 5.68. The molecular formula is C20H25N3O2. The lowest BCUT2D eigenvalue weighted by Crippen LogP contribution is -2.33. The summed E-state index contributed by atoms with van der Waals surface area (Å²) < 4.78 is 5.34. The number of likely N-dealkylation sites (tertiary alicyclic amines) is 1. The van der Waals surface area contributed by atoms with Crippen molar-refractivity contribution in [1.29, 1.82) is 0 Å². The fourth-order valence-corrected chi connectivity index (χ4v) is 4.23. The Balaban J connectivity index is 1.67. The van der Waals surface area contributed by atoms with Crippen molar-refractivity contribution < 1.29 is 9.53 Å². The maximum Gasteiger partial charge on any atom is 0.254 e. The largest absolute Gasteiger partial charge is 0.497 e. The van der Waals surface area contributed by atoms with Crippen molar-refractivity contribution in [2.45, 2.75) is 19.8 Å². The smallest absolute Gasteiger partial charge is 0.254 e. The Kier molecular flexibility index (Phi) is 4.34. The van der Waals surface area contributed by atoms with Crippen LogP contribution in [0.15, 0.2) is 24.3 Å². The van der Waals surface area contributed by atoms with Crippen LogP contribution < -0.4 is 10.1 Å². The van der Waals surface area contributed by atoms with Gasteiger partial charge in [-0.3, -0.25) is 9.78 Å². The molecule has 5 heteroatoms. The number of aryl methyl sites for hydroxylation is 1. The zero-order valence-electron chi connectivity index (χ0n) is 14.9. The molecule has 1 aromatic carbocycles. The number of pyridine rings is 1. The number of benzene rings is 1. The molecule has 0 radical (unpaired) electrons. The highest BCUT2D eigenvalue weighted by Crippen LogP contribution is 2.29. The standard InChI is InChI=1S/C20H25N3O2/c1-13-9-18(17-10-16(25-2)3-4-19(17)22-13)20(24)23-7-5-14-11-21-12-15(14)6-8-23/h3-4,9-10,14-15,21H,5-8,11-12H2,1-2H3/t14-,15+. The summed E-state index contributed by atoms with van der Waals surface area (Å²) in [6, 6.07) is 7.66. The average Bonchev–Trinajstić information content (AvgIpc) is 2.98. The van der Waals surface area contributed by atoms with Crippen molar-refractivity contribution in [3.05, 3.63) is 35.5 Å². The van der Waals surface area contributed by atoms with E-state index in [1.54, 1.807) is 7.11 Å². The van der Waals surface area contributed by atoms with Crippen molar-refractivity contribution in [2.24, 2.45) is 11.8 Å². The molecule has 0 bridgehead atoms. The number of methoxy groups -OCH3 is 1. The number of carbonyl (C=O) groups is 1. The molecule has 25 heavy (non-hydrogen) atoms. The molecule has 132 valence electrons. The second-order valence-electron chi connectivity index (χ2n) is 7.24. The van der Waals surface area contributed by atoms with Crippen LogP contribution in [0.3, 0.4) is 0 Å². The van der Waals surface area contributed by atoms with Gasteiger partial charge in [0, 0.05) is 24.2 Å². The summed E-state index contributed by atoms with van der Waals surface area (Å²) in [6.07, 6.45) is 2.18. The minimum Gasteiger partial charge on any atom is -0.497 e. The number of ether oxygens (including phenoxy) is 1. The van der Waals surface area contributed by atoms with Crippen LogP contribution in [0, 0.1) is 18.8 Å². The molecule has 0 unspecified atom stereocenters. The highest BCUT2D eigenvalue weighted by molar-refractivity contribution is 6.06. The summed E-state index contributed by atoms with van der Waals surface area (Å²) in [5.41, 5.74) is 2.46. The van der Waals surface area contributed by atoms with E-state index in [1.165, 1.54) is 0 Å². The topological polar surface area (TPSA) is 54.5 Å². The molecule has 0 aliphatic carbocycles. The first-order chi connectivity index (χ1) is 12.2. The first-order valence-corrected chi connectivity index (χ1v) is 9.11. The Labute approximate surface area is 148 Å². The molecule has 1 aromatic heterocycles. The molecule has 0 saturated carbocycles. The average molecular weight is 339 g/mol. The van der Waals surface area contributed by atoms with E-state index >= 15 is 0 Å². The number of hydrogen-bond acceptors (Lipinski definition) is 4. The fourth-order valence-electron chi connectivity index (χ4n) is 4.23. The number of fused-ring (bicyclic) bond motifs is 2. The van der Waals surface area contributed by atoms with Gasteiger partial charge in [-0.05, 0) is 69.0 Å². The summed E-state index contributed by atoms with van der Waals surface area (Å²) in [7, 11) is 1.64. The van der Waals surface area contributed by atoms with Crippen LogP contribution in [0.25, 0.3) is 10.9 Å². The van der Waals surface area contributed by atoms with Crippen molar-refractivity contribution >= 4 is 16.8 Å². The summed E-state index contributed by atoms with van der Waals surface area (Å²) >= 11 is 0. The second-order valence-corrected chi connectivity index (χ2v) is 7.24. The highest BCUT2D eigenvalue weighted by Gasteiger charge is 2.32. The lowest BCUT2D eigenvalue weighted by Gasteiger charge is -2.22. The third kappa shape index (κ3) is 3.09. The van der Waals surface area contributed by atoms with Crippen LogP contribution in [0.5, 0.6) is 5.75 Å². The molecule has 2 saturated heterocycles. The molecule has 0 spiro atoms. The fraction of sp³-hybridized carbons (Fsp3) is 0.500. The van der Waals surface area contributed by atoms with Gasteiger partial charge in [-0.1, -0.05) is 0 Å². The molecule has 1 N–H and O–H groups in total. The van der Waals surface area contributed by atoms with Crippen LogP contribution >= 0.6 is 0 Å². The van der Waals surface area contributed by atoms with Crippen LogP contribution in [-0.2, 0) is 0 Å². The Bertz CT molecular complexity index is 791. The molecule has 3 heterocycles. The van der Waals surface area contributed by atoms with Crippen molar-refractivity contribution in [2.75, 3.05) is 33.3 Å². The molecule has 2 aromatic rings. The predicted molar refractivity (Wildman–Crippen MR) is 98.0 cm³/mol. The Morgan fingerprint density at radius 1 is 1.20 bits per heavy atom. The van der Waals surface area contributed by atoms with E-state index in [1.807, 2.05) is 36.1 Å². The van der Waals surface area contributed by atoms with Crippen LogP contribution in [0.1, 0.15) is 28.9 Å². The molecule has 1 amide bonds. The van der Waals surface area contributed by atoms with Crippen LogP contribution in [-0.4, -0.2) is 49.1 Å². The lowest BCUT2D eigenvalue weighted by atomic mass is 9.92. The normalized spacial score (nSPS) is 23.4. The van der Waals surface area contributed by atoms with E-state index in [9.17, 15) is 4.79 Å². The van der Waals surface area contributed by atoms with Gasteiger partial charge >= 0.3 is 0 Å².